The molecule has 2 aliphatic heterocycles. The van der Waals surface area contributed by atoms with Crippen molar-refractivity contribution in [2.24, 2.45) is 5.92 Å². The lowest BCUT2D eigenvalue weighted by molar-refractivity contribution is -0.137. The molecular weight excluding hydrogens is 506 g/mol. The van der Waals surface area contributed by atoms with E-state index >= 15 is 0 Å². The lowest BCUT2D eigenvalue weighted by atomic mass is 9.91. The molecule has 0 spiro atoms. The number of aliphatic hydroxyl groups is 2. The summed E-state index contributed by atoms with van der Waals surface area (Å²) in [6.07, 6.45) is 5.69. The van der Waals surface area contributed by atoms with E-state index < -0.39 is 30.4 Å². The van der Waals surface area contributed by atoms with E-state index in [0.29, 0.717) is 29.3 Å². The van der Waals surface area contributed by atoms with Crippen LogP contribution < -0.4 is 11.1 Å². The number of likely N-dealkylation sites (tertiary alicyclic amines) is 1. The molecule has 4 fully saturated rings. The van der Waals surface area contributed by atoms with Crippen LogP contribution in [0.5, 0.6) is 0 Å². The molecule has 2 saturated carbocycles. The van der Waals surface area contributed by atoms with Gasteiger partial charge in [0.05, 0.1) is 6.33 Å². The van der Waals surface area contributed by atoms with Crippen molar-refractivity contribution in [2.75, 3.05) is 18.8 Å². The van der Waals surface area contributed by atoms with Crippen molar-refractivity contribution in [3.8, 4) is 0 Å². The number of hydrogen-bond acceptors (Lipinski definition) is 10. The molecule has 4 heterocycles. The number of carbonyl (C=O) groups excluding carboxylic acids is 2. The van der Waals surface area contributed by atoms with Gasteiger partial charge in [0.1, 0.15) is 29.7 Å². The second-order valence-corrected chi connectivity index (χ2v) is 11.3. The van der Waals surface area contributed by atoms with Crippen molar-refractivity contribution >= 4 is 29.0 Å². The quantitative estimate of drug-likeness (QED) is 0.376. The first kappa shape index (κ1) is 26.2. The third kappa shape index (κ3) is 5.52. The first-order valence-electron chi connectivity index (χ1n) is 14.1. The molecule has 4 atom stereocenters. The van der Waals surface area contributed by atoms with E-state index in [2.05, 4.69) is 20.3 Å². The van der Waals surface area contributed by atoms with Crippen LogP contribution in [0.15, 0.2) is 6.33 Å². The second kappa shape index (κ2) is 10.9. The van der Waals surface area contributed by atoms with E-state index in [1.54, 1.807) is 0 Å². The van der Waals surface area contributed by atoms with Gasteiger partial charge in [-0.25, -0.2) is 19.7 Å². The van der Waals surface area contributed by atoms with Crippen molar-refractivity contribution in [1.29, 1.82) is 0 Å². The SMILES string of the molecule is Nc1nc(CCCC2CCN(C(=O)OC3CCC3)CC2)nc2c1ncn2[C@@H]1O[C@H](C(=O)NC2CC2)[C@H](O)C1O. The lowest BCUT2D eigenvalue weighted by Crippen LogP contribution is -2.43. The molecule has 6 rings (SSSR count). The molecule has 5 N–H and O–H groups in total. The molecule has 39 heavy (non-hydrogen) atoms. The lowest BCUT2D eigenvalue weighted by Gasteiger charge is -2.34. The predicted octanol–water partition coefficient (Wildman–Crippen LogP) is 1.03. The minimum absolute atomic E-state index is 0.106. The largest absolute Gasteiger partial charge is 0.446 e. The molecule has 1 unspecified atom stereocenters. The standard InChI is InChI=1S/C26H37N7O6/c27-22-18-23(33(13-28-18)25-20(35)19(34)21(39-25)24(36)29-15-7-8-15)31-17(30-22)6-1-3-14-9-11-32(12-10-14)26(37)38-16-4-2-5-16/h13-16,19-21,25,34-35H,1-12H2,(H,29,36)(H2,27,30,31)/t19-,20?,21+,25-/m1/s1. The van der Waals surface area contributed by atoms with Gasteiger partial charge in [-0.05, 0) is 63.7 Å². The average molecular weight is 544 g/mol. The Kier molecular flexibility index (Phi) is 7.29. The summed E-state index contributed by atoms with van der Waals surface area (Å²) in [6.45, 7) is 1.44. The number of nitrogen functional groups attached to an aromatic ring is 1. The fourth-order valence-electron chi connectivity index (χ4n) is 5.56. The number of nitrogens with zero attached hydrogens (tertiary/aromatic N) is 5. The molecule has 2 aromatic rings. The Morgan fingerprint density at radius 1 is 1.10 bits per heavy atom. The van der Waals surface area contributed by atoms with Crippen molar-refractivity contribution in [1.82, 2.24) is 29.7 Å². The highest BCUT2D eigenvalue weighted by Gasteiger charge is 2.48. The Balaban J connectivity index is 1.05. The Morgan fingerprint density at radius 2 is 1.87 bits per heavy atom. The Hall–Kier alpha value is -3.03. The second-order valence-electron chi connectivity index (χ2n) is 11.3. The number of piperidine rings is 1. The van der Waals surface area contributed by atoms with Crippen molar-refractivity contribution < 1.29 is 29.3 Å². The van der Waals surface area contributed by atoms with Crippen LogP contribution in [0.3, 0.4) is 0 Å². The van der Waals surface area contributed by atoms with Gasteiger partial charge in [0.2, 0.25) is 0 Å². The molecule has 0 bridgehead atoms. The Labute approximate surface area is 226 Å². The molecule has 2 saturated heterocycles. The van der Waals surface area contributed by atoms with Crippen molar-refractivity contribution in [3.05, 3.63) is 12.2 Å². The number of fused-ring (bicyclic) bond motifs is 1. The van der Waals surface area contributed by atoms with E-state index in [1.165, 1.54) is 10.9 Å². The molecule has 0 radical (unpaired) electrons. The Bertz CT molecular complexity index is 1210. The Morgan fingerprint density at radius 3 is 2.56 bits per heavy atom. The van der Waals surface area contributed by atoms with E-state index in [-0.39, 0.29) is 24.1 Å². The number of carbonyl (C=O) groups is 2. The highest BCUT2D eigenvalue weighted by molar-refractivity contribution is 5.83. The molecule has 2 aliphatic carbocycles. The van der Waals surface area contributed by atoms with Gasteiger partial charge in [-0.15, -0.1) is 0 Å². The predicted molar refractivity (Wildman–Crippen MR) is 138 cm³/mol. The number of aliphatic hydroxyl groups excluding tert-OH is 2. The highest BCUT2D eigenvalue weighted by Crippen LogP contribution is 2.33. The summed E-state index contributed by atoms with van der Waals surface area (Å²) in [5.74, 6) is 0.862. The molecule has 0 aromatic carbocycles. The number of aryl methyl sites for hydroxylation is 1. The zero-order valence-electron chi connectivity index (χ0n) is 21.9. The maximum absolute atomic E-state index is 12.5. The third-order valence-corrected chi connectivity index (χ3v) is 8.39. The van der Waals surface area contributed by atoms with Gasteiger partial charge in [0.25, 0.3) is 5.91 Å². The van der Waals surface area contributed by atoms with Crippen LogP contribution in [0.1, 0.15) is 69.8 Å². The number of hydrogen-bond donors (Lipinski definition) is 4. The van der Waals surface area contributed by atoms with Gasteiger partial charge >= 0.3 is 6.09 Å². The molecule has 13 nitrogen and oxygen atoms in total. The van der Waals surface area contributed by atoms with Crippen LogP contribution in [0.25, 0.3) is 11.2 Å². The fraction of sp³-hybridized carbons (Fsp3) is 0.731. The van der Waals surface area contributed by atoms with Gasteiger partial charge in [0.15, 0.2) is 23.8 Å². The maximum Gasteiger partial charge on any atom is 0.410 e. The molecular formula is C26H37N7O6. The summed E-state index contributed by atoms with van der Waals surface area (Å²) in [4.78, 5) is 40.0. The van der Waals surface area contributed by atoms with Gasteiger partial charge in [-0.3, -0.25) is 9.36 Å². The fourth-order valence-corrected chi connectivity index (χ4v) is 5.56. The van der Waals surface area contributed by atoms with Gasteiger partial charge in [0, 0.05) is 25.6 Å². The van der Waals surface area contributed by atoms with Crippen LogP contribution in [0.2, 0.25) is 0 Å². The normalized spacial score (nSPS) is 28.0. The van der Waals surface area contributed by atoms with Crippen LogP contribution in [-0.2, 0) is 20.7 Å². The first-order valence-corrected chi connectivity index (χ1v) is 14.1. The molecule has 4 aliphatic rings. The summed E-state index contributed by atoms with van der Waals surface area (Å²) in [5.41, 5.74) is 6.94. The average Bonchev–Trinajstić information content (AvgIpc) is 3.53. The number of ether oxygens (including phenoxy) is 2. The number of aromatic nitrogens is 4. The summed E-state index contributed by atoms with van der Waals surface area (Å²) in [5, 5.41) is 24.0. The number of rotatable bonds is 8. The summed E-state index contributed by atoms with van der Waals surface area (Å²) < 4.78 is 12.8. The first-order chi connectivity index (χ1) is 18.9. The molecule has 13 heteroatoms. The van der Waals surface area contributed by atoms with Crippen LogP contribution in [0.4, 0.5) is 10.6 Å². The monoisotopic (exact) mass is 543 g/mol. The van der Waals surface area contributed by atoms with E-state index in [0.717, 1.165) is 70.9 Å². The van der Waals surface area contributed by atoms with E-state index in [4.69, 9.17) is 15.2 Å². The minimum atomic E-state index is -1.38. The van der Waals surface area contributed by atoms with E-state index in [1.807, 2.05) is 4.90 Å². The minimum Gasteiger partial charge on any atom is -0.446 e. The van der Waals surface area contributed by atoms with Crippen LogP contribution in [-0.4, -0.2) is 90.2 Å². The number of nitrogens with one attached hydrogen (secondary N) is 1. The topological polar surface area (TPSA) is 178 Å². The smallest absolute Gasteiger partial charge is 0.410 e. The van der Waals surface area contributed by atoms with Crippen LogP contribution in [0, 0.1) is 5.92 Å². The zero-order valence-corrected chi connectivity index (χ0v) is 21.9. The maximum atomic E-state index is 12.5. The summed E-state index contributed by atoms with van der Waals surface area (Å²) in [6, 6.07) is 0.106. The molecule has 2 amide bonds. The summed E-state index contributed by atoms with van der Waals surface area (Å²) >= 11 is 0. The number of nitrogens with two attached hydrogens (primary N) is 1. The number of anilines is 1. The molecule has 212 valence electrons. The van der Waals surface area contributed by atoms with Crippen molar-refractivity contribution in [3.63, 3.8) is 0 Å². The van der Waals surface area contributed by atoms with Crippen LogP contribution >= 0.6 is 0 Å². The highest BCUT2D eigenvalue weighted by atomic mass is 16.6. The number of amides is 2. The van der Waals surface area contributed by atoms with Gasteiger partial charge < -0.3 is 35.6 Å². The zero-order chi connectivity index (χ0) is 27.1. The van der Waals surface area contributed by atoms with Gasteiger partial charge in [-0.1, -0.05) is 0 Å². The summed E-state index contributed by atoms with van der Waals surface area (Å²) in [7, 11) is 0. The van der Waals surface area contributed by atoms with E-state index in [9.17, 15) is 19.8 Å². The van der Waals surface area contributed by atoms with Crippen molar-refractivity contribution in [2.45, 2.75) is 101 Å². The number of imidazole rings is 1. The van der Waals surface area contributed by atoms with Gasteiger partial charge in [-0.2, -0.15) is 0 Å². The third-order valence-electron chi connectivity index (χ3n) is 8.39. The molecule has 2 aromatic heterocycles.